The molecule has 2 aromatic rings. The molecule has 0 aliphatic rings. The van der Waals surface area contributed by atoms with Gasteiger partial charge in [0.25, 0.3) is 5.91 Å². The van der Waals surface area contributed by atoms with Gasteiger partial charge in [-0.2, -0.15) is 0 Å². The van der Waals surface area contributed by atoms with E-state index in [0.717, 1.165) is 16.9 Å². The summed E-state index contributed by atoms with van der Waals surface area (Å²) >= 11 is 0. The van der Waals surface area contributed by atoms with E-state index in [1.54, 1.807) is 33.1 Å². The van der Waals surface area contributed by atoms with Crippen LogP contribution in [0.4, 0.5) is 0 Å². The highest BCUT2D eigenvalue weighted by Crippen LogP contribution is 2.29. The second-order valence-corrected chi connectivity index (χ2v) is 6.84. The van der Waals surface area contributed by atoms with Gasteiger partial charge >= 0.3 is 0 Å². The van der Waals surface area contributed by atoms with Crippen LogP contribution in [0.5, 0.6) is 17.2 Å². The van der Waals surface area contributed by atoms with Crippen LogP contribution in [-0.4, -0.2) is 38.2 Å². The third-order valence-corrected chi connectivity index (χ3v) is 4.44. The van der Waals surface area contributed by atoms with Crippen molar-refractivity contribution in [3.05, 3.63) is 53.6 Å². The monoisotopic (exact) mass is 371 g/mol. The van der Waals surface area contributed by atoms with E-state index in [0.29, 0.717) is 24.0 Å². The van der Waals surface area contributed by atoms with Crippen molar-refractivity contribution >= 4 is 5.91 Å². The summed E-state index contributed by atoms with van der Waals surface area (Å²) in [6, 6.07) is 13.5. The molecule has 5 heteroatoms. The van der Waals surface area contributed by atoms with Crippen LogP contribution >= 0.6 is 0 Å². The van der Waals surface area contributed by atoms with Gasteiger partial charge in [0.05, 0.1) is 14.2 Å². The Morgan fingerprint density at radius 1 is 0.963 bits per heavy atom. The topological polar surface area (TPSA) is 48.0 Å². The van der Waals surface area contributed by atoms with Crippen molar-refractivity contribution in [3.8, 4) is 17.2 Å². The van der Waals surface area contributed by atoms with Crippen LogP contribution in [0.25, 0.3) is 0 Å². The van der Waals surface area contributed by atoms with Crippen molar-refractivity contribution in [2.75, 3.05) is 21.3 Å². The fourth-order valence-electron chi connectivity index (χ4n) is 2.95. The van der Waals surface area contributed by atoms with Gasteiger partial charge in [-0.25, -0.2) is 0 Å². The van der Waals surface area contributed by atoms with Crippen LogP contribution in [0.1, 0.15) is 37.8 Å². The zero-order chi connectivity index (χ0) is 20.0. The van der Waals surface area contributed by atoms with E-state index < -0.39 is 6.10 Å². The summed E-state index contributed by atoms with van der Waals surface area (Å²) in [6.45, 7) is 6.46. The van der Waals surface area contributed by atoms with Crippen molar-refractivity contribution in [2.24, 2.45) is 0 Å². The number of carbonyl (C=O) groups is 1. The van der Waals surface area contributed by atoms with Crippen LogP contribution in [-0.2, 0) is 11.3 Å². The standard InChI is InChI=1S/C22H29NO4/c1-15(2)18-9-7-8-10-19(18)27-16(3)22(24)23(4)14-17-11-12-20(25-5)21(13-17)26-6/h7-13,15-16H,14H2,1-6H3/t16-/m0/s1. The Morgan fingerprint density at radius 2 is 1.63 bits per heavy atom. The average Bonchev–Trinajstić information content (AvgIpc) is 2.67. The van der Waals surface area contributed by atoms with Gasteiger partial charge in [0.1, 0.15) is 5.75 Å². The largest absolute Gasteiger partial charge is 0.493 e. The molecular weight excluding hydrogens is 342 g/mol. The van der Waals surface area contributed by atoms with Gasteiger partial charge in [-0.3, -0.25) is 4.79 Å². The molecule has 27 heavy (non-hydrogen) atoms. The summed E-state index contributed by atoms with van der Waals surface area (Å²) in [4.78, 5) is 14.4. The van der Waals surface area contributed by atoms with Gasteiger partial charge in [-0.15, -0.1) is 0 Å². The minimum Gasteiger partial charge on any atom is -0.493 e. The first-order valence-corrected chi connectivity index (χ1v) is 9.08. The second kappa shape index (κ2) is 9.31. The molecule has 5 nitrogen and oxygen atoms in total. The molecule has 0 aliphatic heterocycles. The number of nitrogens with zero attached hydrogens (tertiary/aromatic N) is 1. The van der Waals surface area contributed by atoms with Crippen molar-refractivity contribution in [3.63, 3.8) is 0 Å². The maximum atomic E-state index is 12.8. The number of hydrogen-bond acceptors (Lipinski definition) is 4. The van der Waals surface area contributed by atoms with Crippen molar-refractivity contribution in [1.29, 1.82) is 0 Å². The number of methoxy groups -OCH3 is 2. The Labute approximate surface area is 161 Å². The molecule has 0 N–H and O–H groups in total. The molecule has 0 heterocycles. The van der Waals surface area contributed by atoms with E-state index in [2.05, 4.69) is 13.8 Å². The highest BCUT2D eigenvalue weighted by molar-refractivity contribution is 5.80. The molecule has 2 aromatic carbocycles. The molecule has 1 atom stereocenters. The lowest BCUT2D eigenvalue weighted by Crippen LogP contribution is -2.37. The van der Waals surface area contributed by atoms with Gasteiger partial charge in [-0.1, -0.05) is 38.1 Å². The van der Waals surface area contributed by atoms with Crippen molar-refractivity contribution in [1.82, 2.24) is 4.90 Å². The van der Waals surface area contributed by atoms with Crippen LogP contribution in [0.2, 0.25) is 0 Å². The number of ether oxygens (including phenoxy) is 3. The molecule has 0 aromatic heterocycles. The van der Waals surface area contributed by atoms with Gasteiger partial charge in [0, 0.05) is 13.6 Å². The summed E-state index contributed by atoms with van der Waals surface area (Å²) in [5.74, 6) is 2.31. The molecule has 2 rings (SSSR count). The molecule has 0 spiro atoms. The van der Waals surface area contributed by atoms with E-state index in [1.807, 2.05) is 42.5 Å². The van der Waals surface area contributed by atoms with E-state index in [-0.39, 0.29) is 5.91 Å². The van der Waals surface area contributed by atoms with Crippen molar-refractivity contribution < 1.29 is 19.0 Å². The SMILES string of the molecule is COc1ccc(CN(C)C(=O)[C@H](C)Oc2ccccc2C(C)C)cc1OC. The molecule has 0 fully saturated rings. The number of para-hydroxylation sites is 1. The molecule has 0 aliphatic carbocycles. The number of likely N-dealkylation sites (N-methyl/N-ethyl adjacent to an activating group) is 1. The van der Waals surface area contributed by atoms with E-state index in [1.165, 1.54) is 0 Å². The van der Waals surface area contributed by atoms with Crippen LogP contribution in [0, 0.1) is 0 Å². The molecule has 146 valence electrons. The Bertz CT molecular complexity index is 773. The highest BCUT2D eigenvalue weighted by Gasteiger charge is 2.21. The fourth-order valence-corrected chi connectivity index (χ4v) is 2.95. The predicted molar refractivity (Wildman–Crippen MR) is 107 cm³/mol. The smallest absolute Gasteiger partial charge is 0.263 e. The van der Waals surface area contributed by atoms with Gasteiger partial charge in [-0.05, 0) is 42.2 Å². The number of carbonyl (C=O) groups excluding carboxylic acids is 1. The first-order chi connectivity index (χ1) is 12.9. The number of hydrogen-bond donors (Lipinski definition) is 0. The third-order valence-electron chi connectivity index (χ3n) is 4.44. The van der Waals surface area contributed by atoms with E-state index in [4.69, 9.17) is 14.2 Å². The summed E-state index contributed by atoms with van der Waals surface area (Å²) in [5, 5.41) is 0. The first-order valence-electron chi connectivity index (χ1n) is 9.08. The minimum atomic E-state index is -0.574. The number of benzene rings is 2. The highest BCUT2D eigenvalue weighted by atomic mass is 16.5. The Kier molecular flexibility index (Phi) is 7.11. The zero-order valence-electron chi connectivity index (χ0n) is 17.0. The maximum absolute atomic E-state index is 12.8. The summed E-state index contributed by atoms with van der Waals surface area (Å²) in [7, 11) is 4.97. The normalized spacial score (nSPS) is 11.8. The zero-order valence-corrected chi connectivity index (χ0v) is 17.0. The van der Waals surface area contributed by atoms with Crippen LogP contribution in [0.3, 0.4) is 0 Å². The molecule has 0 radical (unpaired) electrons. The molecule has 0 saturated heterocycles. The lowest BCUT2D eigenvalue weighted by molar-refractivity contribution is -0.137. The first kappa shape index (κ1) is 20.6. The number of amides is 1. The molecule has 0 saturated carbocycles. The summed E-state index contributed by atoms with van der Waals surface area (Å²) in [5.41, 5.74) is 2.05. The summed E-state index contributed by atoms with van der Waals surface area (Å²) in [6.07, 6.45) is -0.574. The Balaban J connectivity index is 2.06. The molecule has 1 amide bonds. The van der Waals surface area contributed by atoms with Crippen molar-refractivity contribution in [2.45, 2.75) is 39.3 Å². The molecular formula is C22H29NO4. The molecule has 0 bridgehead atoms. The Morgan fingerprint density at radius 3 is 2.26 bits per heavy atom. The quantitative estimate of drug-likeness (QED) is 0.696. The van der Waals surface area contributed by atoms with Gasteiger partial charge < -0.3 is 19.1 Å². The second-order valence-electron chi connectivity index (χ2n) is 6.84. The lowest BCUT2D eigenvalue weighted by Gasteiger charge is -2.24. The lowest BCUT2D eigenvalue weighted by atomic mass is 10.0. The molecule has 0 unspecified atom stereocenters. The van der Waals surface area contributed by atoms with Gasteiger partial charge in [0.2, 0.25) is 0 Å². The average molecular weight is 371 g/mol. The van der Waals surface area contributed by atoms with Gasteiger partial charge in [0.15, 0.2) is 17.6 Å². The fraction of sp³-hybridized carbons (Fsp3) is 0.409. The predicted octanol–water partition coefficient (Wildman–Crippen LogP) is 4.25. The van der Waals surface area contributed by atoms with E-state index in [9.17, 15) is 4.79 Å². The number of rotatable bonds is 8. The Hall–Kier alpha value is -2.69. The van der Waals surface area contributed by atoms with Crippen LogP contribution < -0.4 is 14.2 Å². The van der Waals surface area contributed by atoms with E-state index >= 15 is 0 Å². The third kappa shape index (κ3) is 5.16. The minimum absolute atomic E-state index is 0.0802. The maximum Gasteiger partial charge on any atom is 0.263 e. The summed E-state index contributed by atoms with van der Waals surface area (Å²) < 4.78 is 16.6. The van der Waals surface area contributed by atoms with Crippen LogP contribution in [0.15, 0.2) is 42.5 Å².